The van der Waals surface area contributed by atoms with Gasteiger partial charge in [0.1, 0.15) is 0 Å². The fourth-order valence-electron chi connectivity index (χ4n) is 2.09. The van der Waals surface area contributed by atoms with Crippen LogP contribution in [0, 0.1) is 0 Å². The van der Waals surface area contributed by atoms with Crippen LogP contribution in [-0.2, 0) is 4.74 Å². The molecule has 1 aliphatic carbocycles. The van der Waals surface area contributed by atoms with Crippen molar-refractivity contribution in [2.45, 2.75) is 24.8 Å². The molecule has 0 spiro atoms. The van der Waals surface area contributed by atoms with Crippen molar-refractivity contribution in [1.82, 2.24) is 10.2 Å². The highest BCUT2D eigenvalue weighted by Gasteiger charge is 2.38. The molecule has 14 heavy (non-hydrogen) atoms. The zero-order valence-corrected chi connectivity index (χ0v) is 9.05. The molecule has 2 aliphatic rings. The molecule has 2 rings (SSSR count). The summed E-state index contributed by atoms with van der Waals surface area (Å²) in [6.07, 6.45) is 3.70. The van der Waals surface area contributed by atoms with E-state index in [1.165, 1.54) is 19.3 Å². The van der Waals surface area contributed by atoms with Crippen molar-refractivity contribution in [3.8, 4) is 0 Å². The highest BCUT2D eigenvalue weighted by Crippen LogP contribution is 2.32. The summed E-state index contributed by atoms with van der Waals surface area (Å²) < 4.78 is 5.26. The molecule has 4 heteroatoms. The lowest BCUT2D eigenvalue weighted by molar-refractivity contribution is 0.0685. The first-order valence-corrected chi connectivity index (χ1v) is 5.28. The van der Waals surface area contributed by atoms with Crippen LogP contribution in [0.1, 0.15) is 19.3 Å². The van der Waals surface area contributed by atoms with Crippen molar-refractivity contribution in [3.63, 3.8) is 0 Å². The summed E-state index contributed by atoms with van der Waals surface area (Å²) in [6, 6.07) is 0. The van der Waals surface area contributed by atoms with E-state index in [0.717, 1.165) is 25.7 Å². The summed E-state index contributed by atoms with van der Waals surface area (Å²) in [6.45, 7) is 2.74. The van der Waals surface area contributed by atoms with Crippen molar-refractivity contribution in [1.29, 1.82) is 0 Å². The highest BCUT2D eigenvalue weighted by atomic mass is 16.5. The number of nitrogens with one attached hydrogen (secondary N) is 1. The predicted molar refractivity (Wildman–Crippen MR) is 56.5 cm³/mol. The molecule has 80 valence electrons. The Morgan fingerprint density at radius 3 is 2.79 bits per heavy atom. The van der Waals surface area contributed by atoms with Gasteiger partial charge in [-0.05, 0) is 19.3 Å². The minimum atomic E-state index is 0.173. The van der Waals surface area contributed by atoms with Gasteiger partial charge in [0.2, 0.25) is 0 Å². The maximum Gasteiger partial charge on any atom is 0.194 e. The molecule has 1 aliphatic heterocycles. The molecule has 0 atom stereocenters. The number of guanidine groups is 1. The number of likely N-dealkylation sites (N-methyl/N-ethyl adjacent to an activating group) is 1. The Balaban J connectivity index is 1.94. The van der Waals surface area contributed by atoms with Gasteiger partial charge in [-0.1, -0.05) is 0 Å². The van der Waals surface area contributed by atoms with E-state index < -0.39 is 0 Å². The molecule has 0 aromatic carbocycles. The first-order chi connectivity index (χ1) is 6.76. The normalized spacial score (nSPS) is 24.4. The molecule has 0 aromatic rings. The van der Waals surface area contributed by atoms with Crippen LogP contribution < -0.4 is 5.32 Å². The molecule has 0 amide bonds. The molecule has 1 heterocycles. The number of hydrogen-bond acceptors (Lipinski definition) is 4. The Bertz CT molecular complexity index is 236. The molecule has 0 bridgehead atoms. The Morgan fingerprint density at radius 1 is 1.57 bits per heavy atom. The number of rotatable bonds is 3. The summed E-state index contributed by atoms with van der Waals surface area (Å²) in [5.41, 5.74) is 0.173. The summed E-state index contributed by atoms with van der Waals surface area (Å²) >= 11 is 0. The van der Waals surface area contributed by atoms with Gasteiger partial charge < -0.3 is 15.0 Å². The molecule has 1 N–H and O–H groups in total. The lowest BCUT2D eigenvalue weighted by Crippen LogP contribution is -2.58. The number of ether oxygens (including phenoxy) is 1. The van der Waals surface area contributed by atoms with Gasteiger partial charge in [0, 0.05) is 20.7 Å². The van der Waals surface area contributed by atoms with Gasteiger partial charge in [-0.3, -0.25) is 4.99 Å². The van der Waals surface area contributed by atoms with Crippen LogP contribution in [0.4, 0.5) is 0 Å². The summed E-state index contributed by atoms with van der Waals surface area (Å²) in [4.78, 5) is 6.62. The maximum atomic E-state index is 5.26. The van der Waals surface area contributed by atoms with Crippen LogP contribution in [0.5, 0.6) is 0 Å². The van der Waals surface area contributed by atoms with Crippen molar-refractivity contribution in [2.75, 3.05) is 33.9 Å². The standard InChI is InChI=1S/C10H19N3O/c1-13-7-6-11-9(13)12-10(8-14-2)4-3-5-10/h3-8H2,1-2H3,(H,11,12). The van der Waals surface area contributed by atoms with E-state index in [4.69, 9.17) is 4.74 Å². The Hall–Kier alpha value is -0.770. The average Bonchev–Trinajstić information content (AvgIpc) is 2.48. The third kappa shape index (κ3) is 1.71. The van der Waals surface area contributed by atoms with Gasteiger partial charge in [-0.2, -0.15) is 0 Å². The highest BCUT2D eigenvalue weighted by molar-refractivity contribution is 5.82. The fraction of sp³-hybridized carbons (Fsp3) is 0.900. The van der Waals surface area contributed by atoms with Gasteiger partial charge in [-0.15, -0.1) is 0 Å². The van der Waals surface area contributed by atoms with E-state index >= 15 is 0 Å². The molecular weight excluding hydrogens is 178 g/mol. The maximum absolute atomic E-state index is 5.26. The quantitative estimate of drug-likeness (QED) is 0.713. The van der Waals surface area contributed by atoms with Gasteiger partial charge in [-0.25, -0.2) is 0 Å². The number of nitrogens with zero attached hydrogens (tertiary/aromatic N) is 2. The van der Waals surface area contributed by atoms with Gasteiger partial charge in [0.15, 0.2) is 5.96 Å². The zero-order valence-electron chi connectivity index (χ0n) is 9.05. The lowest BCUT2D eigenvalue weighted by Gasteiger charge is -2.43. The first-order valence-electron chi connectivity index (χ1n) is 5.28. The lowest BCUT2D eigenvalue weighted by atomic mass is 9.77. The van der Waals surface area contributed by atoms with Gasteiger partial charge in [0.05, 0.1) is 18.7 Å². The number of aliphatic imine (C=N–C) groups is 1. The minimum absolute atomic E-state index is 0.173. The van der Waals surface area contributed by atoms with Crippen molar-refractivity contribution < 1.29 is 4.74 Å². The number of methoxy groups -OCH3 is 1. The van der Waals surface area contributed by atoms with E-state index in [2.05, 4.69) is 22.3 Å². The van der Waals surface area contributed by atoms with Crippen molar-refractivity contribution >= 4 is 5.96 Å². The Labute approximate surface area is 85.3 Å². The van der Waals surface area contributed by atoms with Crippen LogP contribution in [0.25, 0.3) is 0 Å². The van der Waals surface area contributed by atoms with E-state index in [0.29, 0.717) is 0 Å². The molecule has 1 saturated carbocycles. The van der Waals surface area contributed by atoms with Gasteiger partial charge >= 0.3 is 0 Å². The van der Waals surface area contributed by atoms with Gasteiger partial charge in [0.25, 0.3) is 0 Å². The third-order valence-corrected chi connectivity index (χ3v) is 3.17. The van der Waals surface area contributed by atoms with Crippen LogP contribution >= 0.6 is 0 Å². The largest absolute Gasteiger partial charge is 0.382 e. The van der Waals surface area contributed by atoms with E-state index in [1.807, 2.05) is 0 Å². The summed E-state index contributed by atoms with van der Waals surface area (Å²) in [5.74, 6) is 1.04. The monoisotopic (exact) mass is 197 g/mol. The topological polar surface area (TPSA) is 36.9 Å². The molecule has 0 radical (unpaired) electrons. The second kappa shape index (κ2) is 3.77. The van der Waals surface area contributed by atoms with Crippen LogP contribution in [0.2, 0.25) is 0 Å². The summed E-state index contributed by atoms with van der Waals surface area (Å²) in [5, 5.41) is 3.53. The second-order valence-electron chi connectivity index (χ2n) is 4.32. The molecular formula is C10H19N3O. The zero-order chi connectivity index (χ0) is 10.0. The van der Waals surface area contributed by atoms with E-state index in [9.17, 15) is 0 Å². The minimum Gasteiger partial charge on any atom is -0.382 e. The first kappa shape index (κ1) is 9.77. The fourth-order valence-corrected chi connectivity index (χ4v) is 2.09. The molecule has 1 fully saturated rings. The number of hydrogen-bond donors (Lipinski definition) is 1. The molecule has 4 nitrogen and oxygen atoms in total. The third-order valence-electron chi connectivity index (χ3n) is 3.17. The Morgan fingerprint density at radius 2 is 2.36 bits per heavy atom. The predicted octanol–water partition coefficient (Wildman–Crippen LogP) is 0.446. The smallest absolute Gasteiger partial charge is 0.194 e. The second-order valence-corrected chi connectivity index (χ2v) is 4.32. The average molecular weight is 197 g/mol. The van der Waals surface area contributed by atoms with Crippen molar-refractivity contribution in [2.24, 2.45) is 4.99 Å². The van der Waals surface area contributed by atoms with E-state index in [1.54, 1.807) is 7.11 Å². The molecule has 0 saturated heterocycles. The molecule has 0 aromatic heterocycles. The van der Waals surface area contributed by atoms with Crippen LogP contribution in [-0.4, -0.2) is 50.3 Å². The van der Waals surface area contributed by atoms with Crippen LogP contribution in [0.15, 0.2) is 4.99 Å². The van der Waals surface area contributed by atoms with Crippen molar-refractivity contribution in [3.05, 3.63) is 0 Å². The van der Waals surface area contributed by atoms with E-state index in [-0.39, 0.29) is 5.54 Å². The Kier molecular flexibility index (Phi) is 2.63. The SMILES string of the molecule is COCC1(NC2=NCCN2C)CCC1. The summed E-state index contributed by atoms with van der Waals surface area (Å²) in [7, 11) is 3.85. The molecule has 0 unspecified atom stereocenters. The van der Waals surface area contributed by atoms with Crippen LogP contribution in [0.3, 0.4) is 0 Å².